The third-order valence-electron chi connectivity index (χ3n) is 4.95. The van der Waals surface area contributed by atoms with E-state index in [1.165, 1.54) is 14.2 Å². The van der Waals surface area contributed by atoms with Crippen molar-refractivity contribution in [3.05, 3.63) is 53.1 Å². The summed E-state index contributed by atoms with van der Waals surface area (Å²) >= 11 is 0. The maximum Gasteiger partial charge on any atom is 0.344 e. The number of methoxy groups -OCH3 is 2. The second-order valence-electron chi connectivity index (χ2n) is 6.94. The molecule has 0 aliphatic carbocycles. The molecule has 1 N–H and O–H groups in total. The van der Waals surface area contributed by atoms with Crippen molar-refractivity contribution in [1.82, 2.24) is 0 Å². The van der Waals surface area contributed by atoms with Crippen LogP contribution in [-0.2, 0) is 9.47 Å². The van der Waals surface area contributed by atoms with E-state index in [-0.39, 0.29) is 0 Å². The highest BCUT2D eigenvalue weighted by molar-refractivity contribution is 5.99. The van der Waals surface area contributed by atoms with E-state index in [1.54, 1.807) is 36.4 Å². The van der Waals surface area contributed by atoms with E-state index in [9.17, 15) is 9.59 Å². The molecule has 0 saturated heterocycles. The van der Waals surface area contributed by atoms with Crippen LogP contribution in [0.4, 0.5) is 5.69 Å². The van der Waals surface area contributed by atoms with Crippen molar-refractivity contribution in [1.29, 1.82) is 0 Å². The van der Waals surface area contributed by atoms with Crippen LogP contribution in [0.5, 0.6) is 11.5 Å². The smallest absolute Gasteiger partial charge is 0.344 e. The predicted octanol–water partition coefficient (Wildman–Crippen LogP) is 4.72. The molecule has 1 atom stereocenters. The quantitative estimate of drug-likeness (QED) is 0.446. The Morgan fingerprint density at radius 2 is 1.87 bits per heavy atom. The number of esters is 2. The molecule has 1 aliphatic heterocycles. The highest BCUT2D eigenvalue weighted by Gasteiger charge is 2.36. The summed E-state index contributed by atoms with van der Waals surface area (Å²) in [4.78, 5) is 25.0. The first kappa shape index (κ1) is 21.5. The third-order valence-corrected chi connectivity index (χ3v) is 4.95. The lowest BCUT2D eigenvalue weighted by Crippen LogP contribution is -2.15. The van der Waals surface area contributed by atoms with Crippen LogP contribution in [-0.4, -0.2) is 32.8 Å². The number of carbonyl (C=O) groups is 2. The summed E-state index contributed by atoms with van der Waals surface area (Å²) < 4.78 is 21.5. The van der Waals surface area contributed by atoms with Crippen LogP contribution in [0.15, 0.2) is 36.4 Å². The first-order valence-corrected chi connectivity index (χ1v) is 10.1. The fourth-order valence-electron chi connectivity index (χ4n) is 3.41. The van der Waals surface area contributed by atoms with Gasteiger partial charge in [0, 0.05) is 5.56 Å². The molecule has 0 amide bonds. The maximum atomic E-state index is 12.6. The molecular formula is C23H27NO6. The van der Waals surface area contributed by atoms with Gasteiger partial charge < -0.3 is 24.3 Å². The van der Waals surface area contributed by atoms with Gasteiger partial charge in [0.1, 0.15) is 5.56 Å². The number of benzene rings is 2. The molecule has 7 heteroatoms. The summed E-state index contributed by atoms with van der Waals surface area (Å²) in [6.07, 6.45) is 3.36. The van der Waals surface area contributed by atoms with E-state index in [0.717, 1.165) is 25.7 Å². The molecule has 0 spiro atoms. The van der Waals surface area contributed by atoms with Crippen molar-refractivity contribution in [2.45, 2.75) is 38.8 Å². The summed E-state index contributed by atoms with van der Waals surface area (Å²) in [5.74, 6) is -0.161. The first-order chi connectivity index (χ1) is 14.6. The Morgan fingerprint density at radius 1 is 1.07 bits per heavy atom. The Hall–Kier alpha value is -3.22. The largest absolute Gasteiger partial charge is 0.493 e. The van der Waals surface area contributed by atoms with Gasteiger partial charge in [-0.1, -0.05) is 38.3 Å². The monoisotopic (exact) mass is 413 g/mol. The first-order valence-electron chi connectivity index (χ1n) is 10.1. The molecule has 0 bridgehead atoms. The lowest BCUT2D eigenvalue weighted by Gasteiger charge is -2.17. The minimum Gasteiger partial charge on any atom is -0.493 e. The van der Waals surface area contributed by atoms with Gasteiger partial charge >= 0.3 is 11.9 Å². The molecule has 2 aromatic rings. The molecule has 7 nitrogen and oxygen atoms in total. The van der Waals surface area contributed by atoms with Crippen molar-refractivity contribution >= 4 is 17.6 Å². The Labute approximate surface area is 176 Å². The average molecular weight is 413 g/mol. The lowest BCUT2D eigenvalue weighted by atomic mass is 10.1. The highest BCUT2D eigenvalue weighted by Crippen LogP contribution is 2.42. The zero-order valence-corrected chi connectivity index (χ0v) is 17.5. The number of ether oxygens (including phenoxy) is 4. The third kappa shape index (κ3) is 4.50. The van der Waals surface area contributed by atoms with Gasteiger partial charge in [0.05, 0.1) is 32.1 Å². The zero-order valence-electron chi connectivity index (χ0n) is 17.5. The van der Waals surface area contributed by atoms with Gasteiger partial charge in [0.25, 0.3) is 0 Å². The molecule has 3 rings (SSSR count). The van der Waals surface area contributed by atoms with E-state index in [2.05, 4.69) is 12.2 Å². The SMILES string of the molecule is CCCCCCOC(=O)c1ccccc1N[C@@H]1OC(=O)c2c1ccc(OC)c2OC. The topological polar surface area (TPSA) is 83.1 Å². The summed E-state index contributed by atoms with van der Waals surface area (Å²) in [5.41, 5.74) is 1.83. The van der Waals surface area contributed by atoms with Crippen molar-refractivity contribution in [2.75, 3.05) is 26.1 Å². The van der Waals surface area contributed by atoms with Gasteiger partial charge in [0.15, 0.2) is 11.5 Å². The van der Waals surface area contributed by atoms with Gasteiger partial charge in [-0.05, 0) is 30.7 Å². The molecule has 0 unspecified atom stereocenters. The summed E-state index contributed by atoms with van der Waals surface area (Å²) in [7, 11) is 2.97. The van der Waals surface area contributed by atoms with E-state index in [0.29, 0.717) is 40.5 Å². The molecular weight excluding hydrogens is 386 g/mol. The van der Waals surface area contributed by atoms with Crippen LogP contribution in [0, 0.1) is 0 Å². The molecule has 1 heterocycles. The normalized spacial score (nSPS) is 14.6. The Balaban J connectivity index is 1.78. The van der Waals surface area contributed by atoms with Gasteiger partial charge in [-0.3, -0.25) is 0 Å². The molecule has 0 fully saturated rings. The summed E-state index contributed by atoms with van der Waals surface area (Å²) in [6, 6.07) is 10.5. The van der Waals surface area contributed by atoms with Crippen LogP contribution in [0.1, 0.15) is 65.1 Å². The van der Waals surface area contributed by atoms with Crippen LogP contribution in [0.2, 0.25) is 0 Å². The maximum absolute atomic E-state index is 12.6. The van der Waals surface area contributed by atoms with Crippen LogP contribution in [0.25, 0.3) is 0 Å². The molecule has 2 aromatic carbocycles. The second kappa shape index (κ2) is 10.0. The van der Waals surface area contributed by atoms with E-state index in [1.807, 2.05) is 0 Å². The van der Waals surface area contributed by atoms with Crippen molar-refractivity contribution < 1.29 is 28.5 Å². The predicted molar refractivity (Wildman–Crippen MR) is 112 cm³/mol. The number of nitrogens with one attached hydrogen (secondary N) is 1. The lowest BCUT2D eigenvalue weighted by molar-refractivity contribution is 0.0435. The average Bonchev–Trinajstić information content (AvgIpc) is 3.08. The molecule has 30 heavy (non-hydrogen) atoms. The number of hydrogen-bond acceptors (Lipinski definition) is 7. The zero-order chi connectivity index (χ0) is 21.5. The molecule has 0 saturated carbocycles. The standard InChI is InChI=1S/C23H27NO6/c1-4-5-6-9-14-29-22(25)15-10-7-8-11-17(15)24-21-16-12-13-18(27-2)20(28-3)19(16)23(26)30-21/h7-8,10-13,21,24H,4-6,9,14H2,1-3H3/t21-/m1/s1. The molecule has 160 valence electrons. The van der Waals surface area contributed by atoms with Crippen molar-refractivity contribution in [2.24, 2.45) is 0 Å². The fourth-order valence-corrected chi connectivity index (χ4v) is 3.41. The number of rotatable bonds is 10. The van der Waals surface area contributed by atoms with Crippen LogP contribution < -0.4 is 14.8 Å². The van der Waals surface area contributed by atoms with Gasteiger partial charge in [0.2, 0.25) is 6.23 Å². The number of para-hydroxylation sites is 1. The summed E-state index contributed by atoms with van der Waals surface area (Å²) in [5, 5.41) is 3.14. The van der Waals surface area contributed by atoms with Crippen LogP contribution >= 0.6 is 0 Å². The van der Waals surface area contributed by atoms with E-state index >= 15 is 0 Å². The number of hydrogen-bond donors (Lipinski definition) is 1. The molecule has 1 aliphatic rings. The minimum atomic E-state index is -0.759. The Bertz CT molecular complexity index is 911. The van der Waals surface area contributed by atoms with Gasteiger partial charge in [-0.15, -0.1) is 0 Å². The second-order valence-corrected chi connectivity index (χ2v) is 6.94. The summed E-state index contributed by atoms with van der Waals surface area (Å²) in [6.45, 7) is 2.51. The van der Waals surface area contributed by atoms with Crippen molar-refractivity contribution in [3.63, 3.8) is 0 Å². The number of fused-ring (bicyclic) bond motifs is 1. The number of unbranched alkanes of at least 4 members (excludes halogenated alkanes) is 3. The van der Waals surface area contributed by atoms with Gasteiger partial charge in [-0.2, -0.15) is 0 Å². The Kier molecular flexibility index (Phi) is 7.17. The highest BCUT2D eigenvalue weighted by atomic mass is 16.6. The number of cyclic esters (lactones) is 1. The van der Waals surface area contributed by atoms with Crippen LogP contribution in [0.3, 0.4) is 0 Å². The van der Waals surface area contributed by atoms with Gasteiger partial charge in [-0.25, -0.2) is 9.59 Å². The minimum absolute atomic E-state index is 0.310. The number of anilines is 1. The molecule has 0 aromatic heterocycles. The number of carbonyl (C=O) groups excluding carboxylic acids is 2. The van der Waals surface area contributed by atoms with E-state index in [4.69, 9.17) is 18.9 Å². The van der Waals surface area contributed by atoms with Crippen molar-refractivity contribution in [3.8, 4) is 11.5 Å². The van der Waals surface area contributed by atoms with E-state index < -0.39 is 18.2 Å². The fraction of sp³-hybridized carbons (Fsp3) is 0.391. The molecule has 0 radical (unpaired) electrons. The Morgan fingerprint density at radius 3 is 2.60 bits per heavy atom.